The fraction of sp³-hybridized carbons (Fsp3) is 0.537. The number of esters is 1. The first-order valence-electron chi connectivity index (χ1n) is 19.3. The number of nitrogens with zero attached hydrogens (tertiary/aromatic N) is 4. The van der Waals surface area contributed by atoms with Crippen molar-refractivity contribution >= 4 is 62.6 Å². The van der Waals surface area contributed by atoms with Crippen molar-refractivity contribution in [3.63, 3.8) is 0 Å². The van der Waals surface area contributed by atoms with Crippen LogP contribution in [-0.2, 0) is 28.6 Å². The number of carbonyl (C=O) groups is 2. The van der Waals surface area contributed by atoms with E-state index in [1.807, 2.05) is 17.2 Å². The van der Waals surface area contributed by atoms with Crippen molar-refractivity contribution < 1.29 is 27.9 Å². The van der Waals surface area contributed by atoms with Crippen molar-refractivity contribution in [1.82, 2.24) is 4.90 Å². The molecule has 3 aromatic carbocycles. The maximum Gasteiger partial charge on any atom is 0.306 e. The molecule has 1 saturated heterocycles. The van der Waals surface area contributed by atoms with Crippen molar-refractivity contribution in [2.45, 2.75) is 89.4 Å². The van der Waals surface area contributed by atoms with E-state index < -0.39 is 22.4 Å². The van der Waals surface area contributed by atoms with E-state index in [4.69, 9.17) is 23.3 Å². The molecule has 0 radical (unpaired) electrons. The van der Waals surface area contributed by atoms with Crippen LogP contribution >= 0.6 is 0 Å². The zero-order chi connectivity index (χ0) is 38.0. The summed E-state index contributed by atoms with van der Waals surface area (Å²) in [6.07, 6.45) is 3.13. The Kier molecular flexibility index (Phi) is 11.4. The Morgan fingerprint density at radius 2 is 1.57 bits per heavy atom. The minimum Gasteiger partial charge on any atom is -0.463 e. The number of fused-ring (bicyclic) bond motifs is 4. The van der Waals surface area contributed by atoms with E-state index in [1.54, 1.807) is 0 Å². The smallest absolute Gasteiger partial charge is 0.306 e. The fourth-order valence-corrected chi connectivity index (χ4v) is 16.1. The predicted molar refractivity (Wildman–Crippen MR) is 219 cm³/mol. The molecule has 0 aliphatic carbocycles. The van der Waals surface area contributed by atoms with Crippen LogP contribution in [0.2, 0.25) is 38.3 Å². The number of hydrogen-bond donors (Lipinski definition) is 0. The Morgan fingerprint density at radius 3 is 2.28 bits per heavy atom. The quantitative estimate of drug-likeness (QED) is 0.0932. The van der Waals surface area contributed by atoms with Crippen LogP contribution in [0.4, 0.5) is 17.1 Å². The molecule has 1 spiro atoms. The van der Waals surface area contributed by atoms with Crippen molar-refractivity contribution in [1.29, 1.82) is 0 Å². The summed E-state index contributed by atoms with van der Waals surface area (Å²) in [6.45, 7) is 19.5. The van der Waals surface area contributed by atoms with Gasteiger partial charge in [-0.3, -0.25) is 14.6 Å². The molecule has 3 aliphatic heterocycles. The largest absolute Gasteiger partial charge is 0.463 e. The highest BCUT2D eigenvalue weighted by Crippen LogP contribution is 2.55. The van der Waals surface area contributed by atoms with Gasteiger partial charge in [0.15, 0.2) is 22.4 Å². The van der Waals surface area contributed by atoms with E-state index in [2.05, 4.69) is 112 Å². The van der Waals surface area contributed by atoms with Gasteiger partial charge in [0.1, 0.15) is 12.3 Å². The lowest BCUT2D eigenvalue weighted by atomic mass is 9.77. The number of amides is 1. The standard InChI is InChI=1S/C41H58N4O6Si2/c1-9-52(5,6)51-53(7,8)28-14-25-48-26-27-49-38(47)20-19-37(46)45-23-21-44(22-24-45)35-29-36-39(32-16-11-10-15-31(32)35)42-30-41(50-36)40(2,3)33-17-12-13-18-34(33)43(41)4/h10-13,15-18,29-30H,9,14,19-28H2,1-8H3. The van der Waals surface area contributed by atoms with Crippen LogP contribution in [0.5, 0.6) is 5.75 Å². The van der Waals surface area contributed by atoms with E-state index in [-0.39, 0.29) is 36.7 Å². The molecular formula is C41H58N4O6Si2. The minimum atomic E-state index is -1.69. The first kappa shape index (κ1) is 39.0. The summed E-state index contributed by atoms with van der Waals surface area (Å²) in [4.78, 5) is 37.0. The first-order valence-corrected chi connectivity index (χ1v) is 25.5. The second kappa shape index (κ2) is 15.6. The normalized spacial score (nSPS) is 19.4. The van der Waals surface area contributed by atoms with Crippen LogP contribution in [0.3, 0.4) is 0 Å². The topological polar surface area (TPSA) is 93.1 Å². The second-order valence-corrected chi connectivity index (χ2v) is 25.4. The first-order chi connectivity index (χ1) is 25.2. The minimum absolute atomic E-state index is 0.0258. The lowest BCUT2D eigenvalue weighted by Gasteiger charge is -2.45. The molecule has 0 N–H and O–H groups in total. The lowest BCUT2D eigenvalue weighted by molar-refractivity contribution is -0.147. The van der Waals surface area contributed by atoms with Gasteiger partial charge < -0.3 is 33.0 Å². The van der Waals surface area contributed by atoms with Gasteiger partial charge in [-0.15, -0.1) is 0 Å². The Hall–Kier alpha value is -3.72. The van der Waals surface area contributed by atoms with Gasteiger partial charge in [-0.05, 0) is 70.2 Å². The number of rotatable bonds is 14. The summed E-state index contributed by atoms with van der Waals surface area (Å²) >= 11 is 0. The van der Waals surface area contributed by atoms with Gasteiger partial charge in [-0.25, -0.2) is 0 Å². The molecule has 286 valence electrons. The van der Waals surface area contributed by atoms with Crippen LogP contribution in [0.25, 0.3) is 10.8 Å². The number of benzene rings is 3. The zero-order valence-electron chi connectivity index (χ0n) is 33.0. The molecular weight excluding hydrogens is 701 g/mol. The van der Waals surface area contributed by atoms with E-state index in [0.29, 0.717) is 39.4 Å². The van der Waals surface area contributed by atoms with Crippen molar-refractivity contribution in [2.24, 2.45) is 4.99 Å². The molecule has 1 atom stereocenters. The van der Waals surface area contributed by atoms with Crippen molar-refractivity contribution in [3.05, 3.63) is 60.2 Å². The molecule has 12 heteroatoms. The number of carbonyl (C=O) groups excluding carboxylic acids is 2. The third-order valence-corrected chi connectivity index (χ3v) is 19.1. The summed E-state index contributed by atoms with van der Waals surface area (Å²) in [6, 6.07) is 21.1. The SMILES string of the molecule is CC[Si](C)(C)O[Si](C)(C)CCCOCCOC(=O)CCC(=O)N1CCN(c2cc3c(c4ccccc24)N=CC2(O3)N(C)c3ccccc3C2(C)C)CC1. The Morgan fingerprint density at radius 1 is 0.868 bits per heavy atom. The van der Waals surface area contributed by atoms with Gasteiger partial charge >= 0.3 is 5.97 Å². The summed E-state index contributed by atoms with van der Waals surface area (Å²) in [5, 5.41) is 2.14. The zero-order valence-corrected chi connectivity index (χ0v) is 35.0. The average Bonchev–Trinajstić information content (AvgIpc) is 3.30. The number of para-hydroxylation sites is 1. The van der Waals surface area contributed by atoms with Crippen LogP contribution in [0.15, 0.2) is 59.6 Å². The number of hydrogen-bond acceptors (Lipinski definition) is 9. The van der Waals surface area contributed by atoms with Crippen LogP contribution in [-0.4, -0.2) is 98.4 Å². The molecule has 10 nitrogen and oxygen atoms in total. The molecule has 53 heavy (non-hydrogen) atoms. The van der Waals surface area contributed by atoms with Gasteiger partial charge in [0.25, 0.3) is 0 Å². The summed E-state index contributed by atoms with van der Waals surface area (Å²) in [5.74, 6) is 0.362. The van der Waals surface area contributed by atoms with E-state index in [9.17, 15) is 9.59 Å². The van der Waals surface area contributed by atoms with E-state index in [1.165, 1.54) is 5.56 Å². The molecule has 1 fully saturated rings. The van der Waals surface area contributed by atoms with Crippen molar-refractivity contribution in [3.8, 4) is 5.75 Å². The number of likely N-dealkylation sites (N-methyl/N-ethyl adjacent to an activating group) is 1. The lowest BCUT2D eigenvalue weighted by Crippen LogP contribution is -2.61. The summed E-state index contributed by atoms with van der Waals surface area (Å²) in [5.41, 5.74) is 3.16. The highest BCUT2D eigenvalue weighted by molar-refractivity contribution is 6.84. The molecule has 1 unspecified atom stereocenters. The summed E-state index contributed by atoms with van der Waals surface area (Å²) < 4.78 is 24.7. The molecule has 0 aromatic heterocycles. The van der Waals surface area contributed by atoms with Crippen LogP contribution in [0.1, 0.15) is 45.6 Å². The Labute approximate surface area is 317 Å². The predicted octanol–water partition coefficient (Wildman–Crippen LogP) is 7.88. The maximum absolute atomic E-state index is 13.1. The summed E-state index contributed by atoms with van der Waals surface area (Å²) in [7, 11) is -1.18. The molecule has 6 rings (SSSR count). The van der Waals surface area contributed by atoms with Gasteiger partial charge in [0, 0.05) is 74.5 Å². The number of piperazine rings is 1. The maximum atomic E-state index is 13.1. The number of anilines is 2. The van der Waals surface area contributed by atoms with Crippen LogP contribution < -0.4 is 14.5 Å². The van der Waals surface area contributed by atoms with Gasteiger partial charge in [0.2, 0.25) is 11.6 Å². The third-order valence-electron chi connectivity index (χ3n) is 11.4. The molecule has 3 aromatic rings. The van der Waals surface area contributed by atoms with E-state index >= 15 is 0 Å². The Balaban J connectivity index is 0.988. The molecule has 0 bridgehead atoms. The second-order valence-electron chi connectivity index (χ2n) is 16.3. The Bertz CT molecular complexity index is 1840. The van der Waals surface area contributed by atoms with E-state index in [0.717, 1.165) is 52.1 Å². The number of ether oxygens (including phenoxy) is 3. The van der Waals surface area contributed by atoms with Gasteiger partial charge in [-0.1, -0.05) is 49.4 Å². The van der Waals surface area contributed by atoms with Crippen molar-refractivity contribution in [2.75, 3.05) is 62.8 Å². The average molecular weight is 759 g/mol. The highest BCUT2D eigenvalue weighted by atomic mass is 28.4. The molecule has 1 amide bonds. The molecule has 0 saturated carbocycles. The van der Waals surface area contributed by atoms with Gasteiger partial charge in [-0.2, -0.15) is 0 Å². The van der Waals surface area contributed by atoms with Crippen LogP contribution in [0, 0.1) is 0 Å². The van der Waals surface area contributed by atoms with Gasteiger partial charge in [0.05, 0.1) is 24.7 Å². The fourth-order valence-electron chi connectivity index (χ4n) is 8.09. The molecule has 3 aliphatic rings. The number of aliphatic imine (C=N–C) groups is 1. The monoisotopic (exact) mass is 758 g/mol. The molecule has 3 heterocycles. The highest BCUT2D eigenvalue weighted by Gasteiger charge is 2.58. The third kappa shape index (κ3) is 8.06.